The first-order valence-electron chi connectivity index (χ1n) is 7.46. The van der Waals surface area contributed by atoms with Gasteiger partial charge in [-0.2, -0.15) is 0 Å². The van der Waals surface area contributed by atoms with Crippen molar-refractivity contribution < 1.29 is 13.9 Å². The molecule has 0 amide bonds. The van der Waals surface area contributed by atoms with Gasteiger partial charge in [0, 0.05) is 30.6 Å². The van der Waals surface area contributed by atoms with Crippen LogP contribution in [-0.4, -0.2) is 24.9 Å². The predicted molar refractivity (Wildman–Crippen MR) is 91.4 cm³/mol. The third-order valence-corrected chi connectivity index (χ3v) is 3.59. The highest BCUT2D eigenvalue weighted by atomic mass is 19.1. The van der Waals surface area contributed by atoms with Crippen molar-refractivity contribution in [1.29, 1.82) is 0 Å². The second kappa shape index (κ2) is 7.04. The fourth-order valence-corrected chi connectivity index (χ4v) is 2.33. The second-order valence-electron chi connectivity index (χ2n) is 5.32. The van der Waals surface area contributed by atoms with E-state index in [0.717, 1.165) is 11.3 Å². The number of nitrogens with two attached hydrogens (primary N) is 1. The zero-order valence-electron chi connectivity index (χ0n) is 13.3. The van der Waals surface area contributed by atoms with Crippen molar-refractivity contribution in [1.82, 2.24) is 4.90 Å². The highest BCUT2D eigenvalue weighted by molar-refractivity contribution is 5.72. The molecule has 24 heavy (non-hydrogen) atoms. The maximum atomic E-state index is 13.9. The van der Waals surface area contributed by atoms with Crippen LogP contribution in [0.3, 0.4) is 0 Å². The number of aliphatic imine (C=N–C) groups is 1. The summed E-state index contributed by atoms with van der Waals surface area (Å²) in [6.45, 7) is 1.03. The van der Waals surface area contributed by atoms with Crippen LogP contribution in [-0.2, 0) is 6.54 Å². The van der Waals surface area contributed by atoms with E-state index < -0.39 is 5.82 Å². The SMILES string of the molecule is COc1ccc(CN2CN=CC=C2Oc2ccc(N)cc2F)cc1. The van der Waals surface area contributed by atoms with Crippen LogP contribution in [0.4, 0.5) is 10.1 Å². The molecule has 0 radical (unpaired) electrons. The summed E-state index contributed by atoms with van der Waals surface area (Å²) in [5.41, 5.74) is 6.99. The monoisotopic (exact) mass is 327 g/mol. The van der Waals surface area contributed by atoms with Gasteiger partial charge in [-0.1, -0.05) is 12.1 Å². The van der Waals surface area contributed by atoms with Crippen molar-refractivity contribution in [3.05, 3.63) is 65.8 Å². The van der Waals surface area contributed by atoms with Crippen molar-refractivity contribution >= 4 is 11.9 Å². The summed E-state index contributed by atoms with van der Waals surface area (Å²) in [5.74, 6) is 0.962. The zero-order valence-corrected chi connectivity index (χ0v) is 13.3. The molecule has 0 bridgehead atoms. The number of allylic oxidation sites excluding steroid dienone is 1. The highest BCUT2D eigenvalue weighted by Gasteiger charge is 2.16. The molecule has 6 heteroatoms. The number of halogens is 1. The molecule has 5 nitrogen and oxygen atoms in total. The first-order chi connectivity index (χ1) is 11.7. The maximum absolute atomic E-state index is 13.9. The normalized spacial score (nSPS) is 13.6. The number of ether oxygens (including phenoxy) is 2. The number of anilines is 1. The molecule has 1 heterocycles. The smallest absolute Gasteiger partial charge is 0.199 e. The van der Waals surface area contributed by atoms with Gasteiger partial charge < -0.3 is 20.1 Å². The second-order valence-corrected chi connectivity index (χ2v) is 5.32. The van der Waals surface area contributed by atoms with Crippen molar-refractivity contribution in [2.75, 3.05) is 19.5 Å². The highest BCUT2D eigenvalue weighted by Crippen LogP contribution is 2.24. The van der Waals surface area contributed by atoms with Crippen LogP contribution >= 0.6 is 0 Å². The summed E-state index contributed by atoms with van der Waals surface area (Å²) >= 11 is 0. The van der Waals surface area contributed by atoms with Crippen LogP contribution in [0.15, 0.2) is 59.4 Å². The minimum absolute atomic E-state index is 0.130. The molecule has 2 N–H and O–H groups in total. The molecule has 0 saturated carbocycles. The fourth-order valence-electron chi connectivity index (χ4n) is 2.33. The number of hydrogen-bond donors (Lipinski definition) is 1. The molecule has 0 aromatic heterocycles. The fraction of sp³-hybridized carbons (Fsp3) is 0.167. The van der Waals surface area contributed by atoms with Crippen molar-refractivity contribution in [2.45, 2.75) is 6.54 Å². The van der Waals surface area contributed by atoms with Gasteiger partial charge in [0.05, 0.1) is 7.11 Å². The van der Waals surface area contributed by atoms with Gasteiger partial charge in [-0.25, -0.2) is 4.39 Å². The van der Waals surface area contributed by atoms with Gasteiger partial charge in [0.1, 0.15) is 12.4 Å². The lowest BCUT2D eigenvalue weighted by Gasteiger charge is -2.27. The molecule has 3 rings (SSSR count). The van der Waals surface area contributed by atoms with Gasteiger partial charge in [0.2, 0.25) is 0 Å². The van der Waals surface area contributed by atoms with Crippen LogP contribution < -0.4 is 15.2 Å². The number of rotatable bonds is 5. The average molecular weight is 327 g/mol. The van der Waals surface area contributed by atoms with Crippen LogP contribution in [0.1, 0.15) is 5.56 Å². The number of nitrogen functional groups attached to an aromatic ring is 1. The minimum atomic E-state index is -0.497. The van der Waals surface area contributed by atoms with Crippen molar-refractivity contribution in [2.24, 2.45) is 4.99 Å². The Labute approximate surface area is 139 Å². The number of nitrogens with zero attached hydrogens (tertiary/aromatic N) is 2. The molecule has 0 spiro atoms. The Kier molecular flexibility index (Phi) is 4.65. The molecule has 1 aliphatic heterocycles. The van der Waals surface area contributed by atoms with E-state index in [0.29, 0.717) is 24.8 Å². The van der Waals surface area contributed by atoms with Gasteiger partial charge >= 0.3 is 0 Å². The Morgan fingerprint density at radius 3 is 2.71 bits per heavy atom. The lowest BCUT2D eigenvalue weighted by atomic mass is 10.2. The molecule has 124 valence electrons. The van der Waals surface area contributed by atoms with Gasteiger partial charge in [0.15, 0.2) is 17.4 Å². The summed E-state index contributed by atoms with van der Waals surface area (Å²) in [7, 11) is 1.63. The molecule has 1 aliphatic rings. The molecule has 0 unspecified atom stereocenters. The van der Waals surface area contributed by atoms with E-state index in [-0.39, 0.29) is 5.75 Å². The van der Waals surface area contributed by atoms with Crippen molar-refractivity contribution in [3.63, 3.8) is 0 Å². The van der Waals surface area contributed by atoms with E-state index in [1.54, 1.807) is 25.5 Å². The Morgan fingerprint density at radius 2 is 2.00 bits per heavy atom. The maximum Gasteiger partial charge on any atom is 0.199 e. The lowest BCUT2D eigenvalue weighted by Crippen LogP contribution is -2.28. The standard InChI is InChI=1S/C18H18FN3O2/c1-23-15-5-2-13(3-6-15)11-22-12-21-9-8-18(22)24-17-7-4-14(20)10-16(17)19/h2-10H,11-12,20H2,1H3. The lowest BCUT2D eigenvalue weighted by molar-refractivity contribution is 0.206. The zero-order chi connectivity index (χ0) is 16.9. The first kappa shape index (κ1) is 15.9. The van der Waals surface area contributed by atoms with E-state index in [2.05, 4.69) is 4.99 Å². The van der Waals surface area contributed by atoms with Crippen LogP contribution in [0, 0.1) is 5.82 Å². The summed E-state index contributed by atoms with van der Waals surface area (Å²) in [6, 6.07) is 12.1. The Balaban J connectivity index is 1.75. The van der Waals surface area contributed by atoms with Gasteiger partial charge in [-0.3, -0.25) is 4.99 Å². The van der Waals surface area contributed by atoms with E-state index in [1.807, 2.05) is 29.2 Å². The predicted octanol–water partition coefficient (Wildman–Crippen LogP) is 3.18. The Morgan fingerprint density at radius 1 is 1.21 bits per heavy atom. The van der Waals surface area contributed by atoms with Crippen LogP contribution in [0.2, 0.25) is 0 Å². The third-order valence-electron chi connectivity index (χ3n) is 3.59. The van der Waals surface area contributed by atoms with E-state index in [1.165, 1.54) is 12.1 Å². The average Bonchev–Trinajstić information content (AvgIpc) is 2.59. The van der Waals surface area contributed by atoms with Gasteiger partial charge in [-0.15, -0.1) is 0 Å². The molecule has 0 saturated heterocycles. The van der Waals surface area contributed by atoms with Crippen LogP contribution in [0.5, 0.6) is 11.5 Å². The summed E-state index contributed by atoms with van der Waals surface area (Å²) in [5, 5.41) is 0. The quantitative estimate of drug-likeness (QED) is 0.857. The molecule has 2 aromatic carbocycles. The van der Waals surface area contributed by atoms with Crippen LogP contribution in [0.25, 0.3) is 0 Å². The first-order valence-corrected chi connectivity index (χ1v) is 7.46. The summed E-state index contributed by atoms with van der Waals surface area (Å²) in [4.78, 5) is 6.14. The largest absolute Gasteiger partial charge is 0.497 e. The third kappa shape index (κ3) is 3.65. The van der Waals surface area contributed by atoms with E-state index in [4.69, 9.17) is 15.2 Å². The molecule has 0 aliphatic carbocycles. The molecule has 0 atom stereocenters. The number of benzene rings is 2. The van der Waals surface area contributed by atoms with E-state index in [9.17, 15) is 4.39 Å². The molecule has 2 aromatic rings. The minimum Gasteiger partial charge on any atom is -0.497 e. The summed E-state index contributed by atoms with van der Waals surface area (Å²) < 4.78 is 24.8. The number of hydrogen-bond acceptors (Lipinski definition) is 5. The topological polar surface area (TPSA) is 60.1 Å². The molecular formula is C18H18FN3O2. The van der Waals surface area contributed by atoms with Gasteiger partial charge in [0.25, 0.3) is 0 Å². The summed E-state index contributed by atoms with van der Waals surface area (Å²) in [6.07, 6.45) is 3.36. The van der Waals surface area contributed by atoms with Gasteiger partial charge in [-0.05, 0) is 29.8 Å². The van der Waals surface area contributed by atoms with Crippen molar-refractivity contribution in [3.8, 4) is 11.5 Å². The number of methoxy groups -OCH3 is 1. The van der Waals surface area contributed by atoms with E-state index >= 15 is 0 Å². The Bertz CT molecular complexity index is 772. The Hall–Kier alpha value is -3.02. The molecule has 0 fully saturated rings. The molecular weight excluding hydrogens is 309 g/mol.